The number of amides is 1. The second-order valence-electron chi connectivity index (χ2n) is 5.34. The SMILES string of the molecule is Cc1[nH]nc(C(c2ccccc2)c2ccccc2)c1C(=O)NN. The third kappa shape index (κ3) is 2.86. The van der Waals surface area contributed by atoms with Gasteiger partial charge in [0.25, 0.3) is 5.91 Å². The first kappa shape index (κ1) is 15.0. The Hall–Kier alpha value is -2.92. The normalized spacial score (nSPS) is 10.7. The fourth-order valence-corrected chi connectivity index (χ4v) is 2.81. The van der Waals surface area contributed by atoms with Gasteiger partial charge in [-0.05, 0) is 18.1 Å². The van der Waals surface area contributed by atoms with Gasteiger partial charge in [0, 0.05) is 5.69 Å². The molecule has 5 nitrogen and oxygen atoms in total. The lowest BCUT2D eigenvalue weighted by molar-refractivity contribution is 0.0952. The summed E-state index contributed by atoms with van der Waals surface area (Å²) in [5, 5.41) is 7.30. The summed E-state index contributed by atoms with van der Waals surface area (Å²) >= 11 is 0. The topological polar surface area (TPSA) is 83.8 Å². The first-order valence-electron chi connectivity index (χ1n) is 7.38. The highest BCUT2D eigenvalue weighted by molar-refractivity contribution is 5.96. The van der Waals surface area contributed by atoms with Crippen LogP contribution in [-0.4, -0.2) is 16.1 Å². The molecule has 0 spiro atoms. The number of carbonyl (C=O) groups is 1. The maximum absolute atomic E-state index is 12.2. The quantitative estimate of drug-likeness (QED) is 0.393. The Balaban J connectivity index is 2.20. The van der Waals surface area contributed by atoms with Gasteiger partial charge in [-0.15, -0.1) is 0 Å². The van der Waals surface area contributed by atoms with Crippen LogP contribution in [-0.2, 0) is 0 Å². The molecule has 0 fully saturated rings. The zero-order valence-electron chi connectivity index (χ0n) is 12.8. The Kier molecular flexibility index (Phi) is 4.21. The lowest BCUT2D eigenvalue weighted by Gasteiger charge is -2.17. The molecule has 0 aliphatic carbocycles. The molecule has 1 amide bonds. The number of benzene rings is 2. The minimum atomic E-state index is -0.344. The summed E-state index contributed by atoms with van der Waals surface area (Å²) in [6, 6.07) is 20.0. The summed E-state index contributed by atoms with van der Waals surface area (Å²) in [5.41, 5.74) is 6.19. The number of nitrogens with zero attached hydrogens (tertiary/aromatic N) is 1. The van der Waals surface area contributed by atoms with Crippen LogP contribution < -0.4 is 11.3 Å². The van der Waals surface area contributed by atoms with E-state index >= 15 is 0 Å². The van der Waals surface area contributed by atoms with Crippen LogP contribution in [0.1, 0.15) is 38.8 Å². The van der Waals surface area contributed by atoms with Gasteiger partial charge in [-0.25, -0.2) is 5.84 Å². The van der Waals surface area contributed by atoms with Crippen molar-refractivity contribution in [2.24, 2.45) is 5.84 Å². The number of nitrogen functional groups attached to an aromatic ring is 1. The lowest BCUT2D eigenvalue weighted by atomic mass is 9.86. The molecule has 3 rings (SSSR count). The van der Waals surface area contributed by atoms with Crippen molar-refractivity contribution in [1.82, 2.24) is 15.6 Å². The highest BCUT2D eigenvalue weighted by atomic mass is 16.2. The van der Waals surface area contributed by atoms with Crippen LogP contribution in [0.25, 0.3) is 0 Å². The fourth-order valence-electron chi connectivity index (χ4n) is 2.81. The number of aromatic nitrogens is 2. The Morgan fingerprint density at radius 1 is 1.04 bits per heavy atom. The molecule has 3 aromatic rings. The summed E-state index contributed by atoms with van der Waals surface area (Å²) in [4.78, 5) is 12.2. The van der Waals surface area contributed by atoms with Crippen LogP contribution in [0.4, 0.5) is 0 Å². The number of hydrazine groups is 1. The van der Waals surface area contributed by atoms with Crippen LogP contribution >= 0.6 is 0 Å². The molecule has 1 aromatic heterocycles. The molecule has 0 saturated carbocycles. The minimum absolute atomic E-state index is 0.144. The molecule has 4 N–H and O–H groups in total. The third-order valence-electron chi connectivity index (χ3n) is 3.87. The number of hydrogen-bond acceptors (Lipinski definition) is 3. The maximum Gasteiger partial charge on any atom is 0.268 e. The minimum Gasteiger partial charge on any atom is -0.290 e. The molecule has 0 saturated heterocycles. The van der Waals surface area contributed by atoms with Crippen LogP contribution in [0.3, 0.4) is 0 Å². The highest BCUT2D eigenvalue weighted by Gasteiger charge is 2.26. The van der Waals surface area contributed by atoms with E-state index in [9.17, 15) is 4.79 Å². The van der Waals surface area contributed by atoms with Crippen molar-refractivity contribution in [3.63, 3.8) is 0 Å². The van der Waals surface area contributed by atoms with E-state index in [2.05, 4.69) is 15.6 Å². The molecular formula is C18H18N4O. The first-order valence-corrected chi connectivity index (χ1v) is 7.38. The van der Waals surface area contributed by atoms with Crippen molar-refractivity contribution < 1.29 is 4.79 Å². The second-order valence-corrected chi connectivity index (χ2v) is 5.34. The molecule has 0 aliphatic rings. The molecule has 2 aromatic carbocycles. The number of nitrogens with one attached hydrogen (secondary N) is 2. The monoisotopic (exact) mass is 306 g/mol. The number of H-pyrrole nitrogens is 1. The van der Waals surface area contributed by atoms with E-state index in [1.54, 1.807) is 0 Å². The van der Waals surface area contributed by atoms with Crippen LogP contribution in [0.2, 0.25) is 0 Å². The lowest BCUT2D eigenvalue weighted by Crippen LogP contribution is -2.31. The molecule has 0 atom stereocenters. The molecule has 0 bridgehead atoms. The van der Waals surface area contributed by atoms with Gasteiger partial charge >= 0.3 is 0 Å². The predicted molar refractivity (Wildman–Crippen MR) is 88.8 cm³/mol. The number of rotatable bonds is 4. The molecule has 5 heteroatoms. The van der Waals surface area contributed by atoms with E-state index in [-0.39, 0.29) is 11.8 Å². The molecule has 0 unspecified atom stereocenters. The van der Waals surface area contributed by atoms with Crippen molar-refractivity contribution in [1.29, 1.82) is 0 Å². The first-order chi connectivity index (χ1) is 11.2. The van der Waals surface area contributed by atoms with Gasteiger partial charge in [-0.2, -0.15) is 5.10 Å². The Labute approximate surface area is 134 Å². The van der Waals surface area contributed by atoms with Crippen LogP contribution in [0.5, 0.6) is 0 Å². The Morgan fingerprint density at radius 3 is 2.04 bits per heavy atom. The van der Waals surface area contributed by atoms with Crippen LogP contribution in [0.15, 0.2) is 60.7 Å². The smallest absolute Gasteiger partial charge is 0.268 e. The Morgan fingerprint density at radius 2 is 1.57 bits per heavy atom. The third-order valence-corrected chi connectivity index (χ3v) is 3.87. The van der Waals surface area contributed by atoms with Crippen molar-refractivity contribution in [2.75, 3.05) is 0 Å². The van der Waals surface area contributed by atoms with E-state index in [0.717, 1.165) is 11.1 Å². The van der Waals surface area contributed by atoms with Gasteiger partial charge in [0.1, 0.15) is 0 Å². The van der Waals surface area contributed by atoms with E-state index in [1.165, 1.54) is 0 Å². The van der Waals surface area contributed by atoms with Gasteiger partial charge in [0.2, 0.25) is 0 Å². The summed E-state index contributed by atoms with van der Waals surface area (Å²) in [6.07, 6.45) is 0. The largest absolute Gasteiger partial charge is 0.290 e. The average molecular weight is 306 g/mol. The van der Waals surface area contributed by atoms with Crippen molar-refractivity contribution in [3.8, 4) is 0 Å². The summed E-state index contributed by atoms with van der Waals surface area (Å²) in [5.74, 6) is 4.85. The highest BCUT2D eigenvalue weighted by Crippen LogP contribution is 2.33. The van der Waals surface area contributed by atoms with E-state index < -0.39 is 0 Å². The molecule has 0 aliphatic heterocycles. The molecular weight excluding hydrogens is 288 g/mol. The van der Waals surface area contributed by atoms with Crippen molar-refractivity contribution >= 4 is 5.91 Å². The number of aryl methyl sites for hydroxylation is 1. The second kappa shape index (κ2) is 6.46. The van der Waals surface area contributed by atoms with Gasteiger partial charge in [0.15, 0.2) is 0 Å². The zero-order chi connectivity index (χ0) is 16.2. The molecule has 116 valence electrons. The Bertz CT molecular complexity index is 757. The van der Waals surface area contributed by atoms with Crippen molar-refractivity contribution in [3.05, 3.63) is 88.7 Å². The zero-order valence-corrected chi connectivity index (χ0v) is 12.8. The van der Waals surface area contributed by atoms with Crippen molar-refractivity contribution in [2.45, 2.75) is 12.8 Å². The number of nitrogens with two attached hydrogens (primary N) is 1. The van der Waals surface area contributed by atoms with Crippen LogP contribution in [0, 0.1) is 6.92 Å². The summed E-state index contributed by atoms with van der Waals surface area (Å²) in [6.45, 7) is 1.81. The summed E-state index contributed by atoms with van der Waals surface area (Å²) in [7, 11) is 0. The van der Waals surface area contributed by atoms with Gasteiger partial charge in [-0.3, -0.25) is 15.3 Å². The average Bonchev–Trinajstić information content (AvgIpc) is 2.98. The summed E-state index contributed by atoms with van der Waals surface area (Å²) < 4.78 is 0. The number of aromatic amines is 1. The van der Waals surface area contributed by atoms with Gasteiger partial charge < -0.3 is 0 Å². The van der Waals surface area contributed by atoms with E-state index in [0.29, 0.717) is 17.0 Å². The maximum atomic E-state index is 12.2. The van der Waals surface area contributed by atoms with Gasteiger partial charge in [0.05, 0.1) is 17.2 Å². The van der Waals surface area contributed by atoms with E-state index in [4.69, 9.17) is 5.84 Å². The molecule has 0 radical (unpaired) electrons. The number of hydrogen-bond donors (Lipinski definition) is 3. The predicted octanol–water partition coefficient (Wildman–Crippen LogP) is 2.50. The van der Waals surface area contributed by atoms with Gasteiger partial charge in [-0.1, -0.05) is 60.7 Å². The number of carbonyl (C=O) groups excluding carboxylic acids is 1. The molecule has 23 heavy (non-hydrogen) atoms. The standard InChI is InChI=1S/C18H18N4O/c1-12-15(18(23)20-19)17(22-21-12)16(13-8-4-2-5-9-13)14-10-6-3-7-11-14/h2-11,16H,19H2,1H3,(H,20,23)(H,21,22). The van der Waals surface area contributed by atoms with E-state index in [1.807, 2.05) is 67.6 Å². The fraction of sp³-hybridized carbons (Fsp3) is 0.111. The molecule has 1 heterocycles.